The normalized spacial score (nSPS) is 12.4. The van der Waals surface area contributed by atoms with Gasteiger partial charge in [-0.25, -0.2) is 9.97 Å². The van der Waals surface area contributed by atoms with Crippen LogP contribution in [0.25, 0.3) is 0 Å². The van der Waals surface area contributed by atoms with Gasteiger partial charge >= 0.3 is 0 Å². The number of thiazole rings is 1. The molecule has 1 N–H and O–H groups in total. The second kappa shape index (κ2) is 5.93. The number of pyridine rings is 1. The van der Waals surface area contributed by atoms with Crippen molar-refractivity contribution in [2.45, 2.75) is 19.4 Å². The van der Waals surface area contributed by atoms with E-state index in [1.807, 2.05) is 17.6 Å². The maximum atomic E-state index is 4.35. The van der Waals surface area contributed by atoms with Gasteiger partial charge < -0.3 is 5.32 Å². The summed E-state index contributed by atoms with van der Waals surface area (Å²) in [6.45, 7) is 2.13. The third kappa shape index (κ3) is 3.26. The van der Waals surface area contributed by atoms with Crippen molar-refractivity contribution >= 4 is 49.0 Å². The fraction of sp³-hybridized carbons (Fsp3) is 0.273. The van der Waals surface area contributed by atoms with Crippen molar-refractivity contribution in [3.8, 4) is 0 Å². The largest absolute Gasteiger partial charge is 0.360 e. The molecule has 0 spiro atoms. The molecule has 3 nitrogen and oxygen atoms in total. The predicted octanol–water partition coefficient (Wildman–Crippen LogP) is 4.63. The summed E-state index contributed by atoms with van der Waals surface area (Å²) in [5.41, 5.74) is 0. The molecule has 0 aliphatic heterocycles. The van der Waals surface area contributed by atoms with Crippen LogP contribution in [0.15, 0.2) is 32.8 Å². The molecule has 2 heterocycles. The first kappa shape index (κ1) is 13.0. The number of aromatic nitrogens is 2. The Labute approximate surface area is 121 Å². The molecule has 6 heteroatoms. The molecule has 0 saturated carbocycles. The van der Waals surface area contributed by atoms with Crippen LogP contribution in [0.1, 0.15) is 24.4 Å². The second-order valence-corrected chi connectivity index (χ2v) is 6.16. The Morgan fingerprint density at radius 1 is 1.41 bits per heavy atom. The van der Waals surface area contributed by atoms with Gasteiger partial charge in [0.05, 0.1) is 10.5 Å². The third-order valence-corrected chi connectivity index (χ3v) is 4.20. The van der Waals surface area contributed by atoms with Gasteiger partial charge in [0.25, 0.3) is 0 Å². The van der Waals surface area contributed by atoms with Crippen molar-refractivity contribution in [3.63, 3.8) is 0 Å². The van der Waals surface area contributed by atoms with Crippen LogP contribution in [0.2, 0.25) is 0 Å². The van der Waals surface area contributed by atoms with E-state index in [4.69, 9.17) is 0 Å². The average molecular weight is 377 g/mol. The molecular weight excluding hydrogens is 366 g/mol. The highest BCUT2D eigenvalue weighted by molar-refractivity contribution is 9.11. The minimum Gasteiger partial charge on any atom is -0.360 e. The first-order valence-electron chi connectivity index (χ1n) is 5.17. The Bertz CT molecular complexity index is 487. The fourth-order valence-corrected chi connectivity index (χ4v) is 3.31. The highest BCUT2D eigenvalue weighted by Gasteiger charge is 2.13. The Hall–Kier alpha value is -0.460. The van der Waals surface area contributed by atoms with Gasteiger partial charge in [0, 0.05) is 22.2 Å². The van der Waals surface area contributed by atoms with E-state index >= 15 is 0 Å². The van der Waals surface area contributed by atoms with Crippen LogP contribution in [0.3, 0.4) is 0 Å². The lowest BCUT2D eigenvalue weighted by Crippen LogP contribution is -2.10. The molecule has 0 aliphatic carbocycles. The van der Waals surface area contributed by atoms with E-state index < -0.39 is 0 Å². The Morgan fingerprint density at radius 2 is 2.24 bits per heavy atom. The van der Waals surface area contributed by atoms with Crippen LogP contribution in [-0.2, 0) is 0 Å². The first-order chi connectivity index (χ1) is 8.20. The molecule has 1 atom stereocenters. The van der Waals surface area contributed by atoms with Crippen LogP contribution in [0, 0.1) is 0 Å². The number of rotatable bonds is 4. The van der Waals surface area contributed by atoms with E-state index in [0.717, 1.165) is 26.2 Å². The lowest BCUT2D eigenvalue weighted by atomic mass is 10.2. The molecule has 90 valence electrons. The lowest BCUT2D eigenvalue weighted by Gasteiger charge is -2.16. The van der Waals surface area contributed by atoms with E-state index in [0.29, 0.717) is 0 Å². The molecular formula is C11H11Br2N3S. The zero-order valence-electron chi connectivity index (χ0n) is 9.15. The van der Waals surface area contributed by atoms with Crippen LogP contribution in [0.5, 0.6) is 0 Å². The lowest BCUT2D eigenvalue weighted by molar-refractivity contribution is 0.736. The van der Waals surface area contributed by atoms with Crippen LogP contribution in [0.4, 0.5) is 5.82 Å². The van der Waals surface area contributed by atoms with Crippen molar-refractivity contribution in [1.82, 2.24) is 9.97 Å². The van der Waals surface area contributed by atoms with E-state index in [-0.39, 0.29) is 6.04 Å². The number of hydrogen-bond acceptors (Lipinski definition) is 4. The van der Waals surface area contributed by atoms with Gasteiger partial charge in [-0.1, -0.05) is 6.92 Å². The van der Waals surface area contributed by atoms with Crippen molar-refractivity contribution in [1.29, 1.82) is 0 Å². The predicted molar refractivity (Wildman–Crippen MR) is 78.4 cm³/mol. The molecule has 0 fully saturated rings. The van der Waals surface area contributed by atoms with Gasteiger partial charge in [-0.3, -0.25) is 0 Å². The molecule has 2 aromatic heterocycles. The molecule has 1 unspecified atom stereocenters. The Balaban J connectivity index is 2.19. The maximum Gasteiger partial charge on any atom is 0.140 e. The summed E-state index contributed by atoms with van der Waals surface area (Å²) >= 11 is 8.54. The quantitative estimate of drug-likeness (QED) is 0.845. The summed E-state index contributed by atoms with van der Waals surface area (Å²) in [6.07, 6.45) is 4.58. The second-order valence-electron chi connectivity index (χ2n) is 3.46. The molecule has 0 saturated heterocycles. The summed E-state index contributed by atoms with van der Waals surface area (Å²) < 4.78 is 1.90. The molecule has 0 bridgehead atoms. The smallest absolute Gasteiger partial charge is 0.140 e. The van der Waals surface area contributed by atoms with Gasteiger partial charge in [-0.2, -0.15) is 0 Å². The van der Waals surface area contributed by atoms with E-state index in [9.17, 15) is 0 Å². The Kier molecular flexibility index (Phi) is 4.53. The van der Waals surface area contributed by atoms with Gasteiger partial charge in [0.2, 0.25) is 0 Å². The summed E-state index contributed by atoms with van der Waals surface area (Å²) in [4.78, 5) is 8.68. The highest BCUT2D eigenvalue weighted by Crippen LogP contribution is 2.29. The standard InChI is InChI=1S/C11H11Br2N3S/c1-2-9(11-14-3-4-17-11)16-10-8(13)5-7(12)6-15-10/h3-6,9H,2H2,1H3,(H,15,16). The summed E-state index contributed by atoms with van der Waals surface area (Å²) in [5.74, 6) is 0.843. The summed E-state index contributed by atoms with van der Waals surface area (Å²) in [6, 6.07) is 2.18. The van der Waals surface area contributed by atoms with Crippen LogP contribution in [-0.4, -0.2) is 9.97 Å². The zero-order chi connectivity index (χ0) is 12.3. The minimum atomic E-state index is 0.208. The summed E-state index contributed by atoms with van der Waals surface area (Å²) in [7, 11) is 0. The van der Waals surface area contributed by atoms with Crippen molar-refractivity contribution < 1.29 is 0 Å². The molecule has 2 aromatic rings. The minimum absolute atomic E-state index is 0.208. The number of nitrogens with one attached hydrogen (secondary N) is 1. The number of anilines is 1. The fourth-order valence-electron chi connectivity index (χ4n) is 1.43. The first-order valence-corrected chi connectivity index (χ1v) is 7.64. The molecule has 0 aliphatic rings. The van der Waals surface area contributed by atoms with E-state index in [2.05, 4.69) is 54.1 Å². The maximum absolute atomic E-state index is 4.35. The van der Waals surface area contributed by atoms with Gasteiger partial charge in [-0.15, -0.1) is 11.3 Å². The number of hydrogen-bond donors (Lipinski definition) is 1. The average Bonchev–Trinajstić information content (AvgIpc) is 2.81. The SMILES string of the molecule is CCC(Nc1ncc(Br)cc1Br)c1nccs1. The zero-order valence-corrected chi connectivity index (χ0v) is 13.1. The van der Waals surface area contributed by atoms with Crippen molar-refractivity contribution in [3.05, 3.63) is 37.8 Å². The van der Waals surface area contributed by atoms with Crippen LogP contribution < -0.4 is 5.32 Å². The highest BCUT2D eigenvalue weighted by atomic mass is 79.9. The van der Waals surface area contributed by atoms with Gasteiger partial charge in [0.15, 0.2) is 0 Å². The molecule has 17 heavy (non-hydrogen) atoms. The van der Waals surface area contributed by atoms with Crippen molar-refractivity contribution in [2.75, 3.05) is 5.32 Å². The van der Waals surface area contributed by atoms with Crippen molar-refractivity contribution in [2.24, 2.45) is 0 Å². The molecule has 0 aromatic carbocycles. The number of nitrogens with zero attached hydrogens (tertiary/aromatic N) is 2. The molecule has 0 radical (unpaired) electrons. The summed E-state index contributed by atoms with van der Waals surface area (Å²) in [5, 5.41) is 6.47. The third-order valence-electron chi connectivity index (χ3n) is 2.28. The van der Waals surface area contributed by atoms with Gasteiger partial charge in [-0.05, 0) is 44.3 Å². The van der Waals surface area contributed by atoms with E-state index in [1.165, 1.54) is 0 Å². The molecule has 2 rings (SSSR count). The number of halogens is 2. The van der Waals surface area contributed by atoms with Gasteiger partial charge in [0.1, 0.15) is 10.8 Å². The van der Waals surface area contributed by atoms with Crippen LogP contribution >= 0.6 is 43.2 Å². The monoisotopic (exact) mass is 375 g/mol. The van der Waals surface area contributed by atoms with E-state index in [1.54, 1.807) is 17.5 Å². The molecule has 0 amide bonds. The Morgan fingerprint density at radius 3 is 2.82 bits per heavy atom. The topological polar surface area (TPSA) is 37.8 Å².